The Morgan fingerprint density at radius 1 is 1.12 bits per heavy atom. The number of hydrogen-bond acceptors (Lipinski definition) is 2. The van der Waals surface area contributed by atoms with Gasteiger partial charge in [-0.2, -0.15) is 5.10 Å². The topological polar surface area (TPSA) is 31.9 Å². The Morgan fingerprint density at radius 3 is 2.50 bits per heavy atom. The number of H-pyrrole nitrogens is 1. The second-order valence-electron chi connectivity index (χ2n) is 4.27. The van der Waals surface area contributed by atoms with E-state index in [2.05, 4.69) is 53.5 Å². The van der Waals surface area contributed by atoms with Crippen LogP contribution >= 0.6 is 0 Å². The number of aromatic amines is 1. The van der Waals surface area contributed by atoms with E-state index >= 15 is 0 Å². The van der Waals surface area contributed by atoms with Crippen LogP contribution in [0.15, 0.2) is 36.5 Å². The predicted octanol–water partition coefficient (Wildman–Crippen LogP) is 2.06. The fourth-order valence-corrected chi connectivity index (χ4v) is 1.81. The molecular formula is C13H17N3. The Bertz CT molecular complexity index is 432. The van der Waals surface area contributed by atoms with E-state index in [1.165, 1.54) is 11.1 Å². The van der Waals surface area contributed by atoms with Gasteiger partial charge in [-0.1, -0.05) is 24.3 Å². The third kappa shape index (κ3) is 2.70. The molecule has 0 aliphatic carbocycles. The molecule has 2 aromatic rings. The highest BCUT2D eigenvalue weighted by molar-refractivity contribution is 5.30. The van der Waals surface area contributed by atoms with Crippen LogP contribution in [-0.4, -0.2) is 29.2 Å². The molecule has 16 heavy (non-hydrogen) atoms. The van der Waals surface area contributed by atoms with Crippen LogP contribution in [0, 0.1) is 0 Å². The lowest BCUT2D eigenvalue weighted by Gasteiger charge is -2.13. The van der Waals surface area contributed by atoms with E-state index in [0.717, 1.165) is 18.7 Å². The smallest absolute Gasteiger partial charge is 0.0490 e. The lowest BCUT2D eigenvalue weighted by molar-refractivity contribution is 0.401. The van der Waals surface area contributed by atoms with Crippen LogP contribution in [0.4, 0.5) is 0 Å². The van der Waals surface area contributed by atoms with Crippen LogP contribution in [-0.2, 0) is 13.0 Å². The third-order valence-electron chi connectivity index (χ3n) is 2.54. The Hall–Kier alpha value is -1.61. The normalized spacial score (nSPS) is 10.9. The molecule has 3 heteroatoms. The molecule has 0 spiro atoms. The van der Waals surface area contributed by atoms with Gasteiger partial charge in [0, 0.05) is 24.9 Å². The van der Waals surface area contributed by atoms with Crippen LogP contribution in [0.2, 0.25) is 0 Å². The Kier molecular flexibility index (Phi) is 3.37. The summed E-state index contributed by atoms with van der Waals surface area (Å²) in [7, 11) is 4.18. The molecule has 1 heterocycles. The highest BCUT2D eigenvalue weighted by Crippen LogP contribution is 2.14. The van der Waals surface area contributed by atoms with E-state index in [0.29, 0.717) is 0 Å². The molecule has 0 saturated carbocycles. The van der Waals surface area contributed by atoms with Gasteiger partial charge in [0.05, 0.1) is 0 Å². The lowest BCUT2D eigenvalue weighted by atomic mass is 10.0. The summed E-state index contributed by atoms with van der Waals surface area (Å²) < 4.78 is 0. The molecule has 0 atom stereocenters. The summed E-state index contributed by atoms with van der Waals surface area (Å²) in [5, 5.41) is 6.98. The molecule has 1 aromatic carbocycles. The SMILES string of the molecule is CN(C)Cc1ccccc1Cc1ccn[nH]1. The molecule has 0 amide bonds. The molecule has 0 bridgehead atoms. The van der Waals surface area contributed by atoms with Gasteiger partial charge in [0.1, 0.15) is 0 Å². The van der Waals surface area contributed by atoms with Gasteiger partial charge in [0.2, 0.25) is 0 Å². The third-order valence-corrected chi connectivity index (χ3v) is 2.54. The minimum atomic E-state index is 0.921. The average molecular weight is 215 g/mol. The van der Waals surface area contributed by atoms with Gasteiger partial charge in [-0.3, -0.25) is 5.10 Å². The van der Waals surface area contributed by atoms with Gasteiger partial charge in [-0.25, -0.2) is 0 Å². The summed E-state index contributed by atoms with van der Waals surface area (Å²) in [6.45, 7) is 0.976. The Labute approximate surface area is 96.1 Å². The van der Waals surface area contributed by atoms with Crippen molar-refractivity contribution in [2.75, 3.05) is 14.1 Å². The Morgan fingerprint density at radius 2 is 1.88 bits per heavy atom. The monoisotopic (exact) mass is 215 g/mol. The van der Waals surface area contributed by atoms with Crippen LogP contribution in [0.25, 0.3) is 0 Å². The van der Waals surface area contributed by atoms with Gasteiger partial charge >= 0.3 is 0 Å². The molecule has 3 nitrogen and oxygen atoms in total. The van der Waals surface area contributed by atoms with E-state index in [1.807, 2.05) is 6.07 Å². The molecule has 0 aliphatic heterocycles. The first-order chi connectivity index (χ1) is 7.75. The molecule has 84 valence electrons. The van der Waals surface area contributed by atoms with Crippen LogP contribution in [0.5, 0.6) is 0 Å². The van der Waals surface area contributed by atoms with Gasteiger partial charge in [-0.15, -0.1) is 0 Å². The molecule has 2 rings (SSSR count). The van der Waals surface area contributed by atoms with Gasteiger partial charge < -0.3 is 4.90 Å². The minimum Gasteiger partial charge on any atom is -0.305 e. The van der Waals surface area contributed by atoms with Crippen molar-refractivity contribution in [1.82, 2.24) is 15.1 Å². The predicted molar refractivity (Wildman–Crippen MR) is 65.2 cm³/mol. The maximum Gasteiger partial charge on any atom is 0.0490 e. The van der Waals surface area contributed by atoms with Crippen molar-refractivity contribution in [3.63, 3.8) is 0 Å². The largest absolute Gasteiger partial charge is 0.305 e. The molecule has 0 radical (unpaired) electrons. The number of nitrogens with one attached hydrogen (secondary N) is 1. The van der Waals surface area contributed by atoms with E-state index in [-0.39, 0.29) is 0 Å². The number of aromatic nitrogens is 2. The van der Waals surface area contributed by atoms with Crippen molar-refractivity contribution in [3.8, 4) is 0 Å². The van der Waals surface area contributed by atoms with Crippen molar-refractivity contribution >= 4 is 0 Å². The zero-order valence-corrected chi connectivity index (χ0v) is 9.77. The second kappa shape index (κ2) is 4.94. The van der Waals surface area contributed by atoms with E-state index in [9.17, 15) is 0 Å². The highest BCUT2D eigenvalue weighted by atomic mass is 15.1. The molecule has 1 aromatic heterocycles. The summed E-state index contributed by atoms with van der Waals surface area (Å²) in [5.74, 6) is 0. The molecule has 0 saturated heterocycles. The fraction of sp³-hybridized carbons (Fsp3) is 0.308. The fourth-order valence-electron chi connectivity index (χ4n) is 1.81. The summed E-state index contributed by atoms with van der Waals surface area (Å²) in [6.07, 6.45) is 2.72. The zero-order chi connectivity index (χ0) is 11.4. The summed E-state index contributed by atoms with van der Waals surface area (Å²) in [4.78, 5) is 2.19. The number of nitrogens with zero attached hydrogens (tertiary/aromatic N) is 2. The van der Waals surface area contributed by atoms with Crippen LogP contribution < -0.4 is 0 Å². The second-order valence-corrected chi connectivity index (χ2v) is 4.27. The quantitative estimate of drug-likeness (QED) is 0.846. The maximum atomic E-state index is 3.97. The maximum absolute atomic E-state index is 3.97. The number of hydrogen-bond donors (Lipinski definition) is 1. The lowest BCUT2D eigenvalue weighted by Crippen LogP contribution is -2.12. The minimum absolute atomic E-state index is 0.921. The first-order valence-electron chi connectivity index (χ1n) is 5.45. The first-order valence-corrected chi connectivity index (χ1v) is 5.45. The summed E-state index contributed by atoms with van der Waals surface area (Å²) in [5.41, 5.74) is 3.90. The van der Waals surface area contributed by atoms with Crippen molar-refractivity contribution in [2.45, 2.75) is 13.0 Å². The van der Waals surface area contributed by atoms with Gasteiger partial charge in [-0.05, 0) is 31.3 Å². The van der Waals surface area contributed by atoms with Crippen molar-refractivity contribution in [3.05, 3.63) is 53.3 Å². The summed E-state index contributed by atoms with van der Waals surface area (Å²) in [6, 6.07) is 10.6. The van der Waals surface area contributed by atoms with E-state index < -0.39 is 0 Å². The Balaban J connectivity index is 2.19. The van der Waals surface area contributed by atoms with E-state index in [4.69, 9.17) is 0 Å². The number of benzene rings is 1. The standard InChI is InChI=1S/C13H17N3/c1-16(2)10-12-6-4-3-5-11(12)9-13-7-8-14-15-13/h3-8H,9-10H2,1-2H3,(H,14,15). The molecule has 1 N–H and O–H groups in total. The van der Waals surface area contributed by atoms with Crippen molar-refractivity contribution in [2.24, 2.45) is 0 Å². The van der Waals surface area contributed by atoms with Crippen molar-refractivity contribution < 1.29 is 0 Å². The van der Waals surface area contributed by atoms with Gasteiger partial charge in [0.15, 0.2) is 0 Å². The van der Waals surface area contributed by atoms with Crippen LogP contribution in [0.3, 0.4) is 0 Å². The highest BCUT2D eigenvalue weighted by Gasteiger charge is 2.04. The van der Waals surface area contributed by atoms with E-state index in [1.54, 1.807) is 6.20 Å². The molecule has 0 unspecified atom stereocenters. The first kappa shape index (κ1) is 10.9. The molecule has 0 fully saturated rings. The van der Waals surface area contributed by atoms with Crippen molar-refractivity contribution in [1.29, 1.82) is 0 Å². The van der Waals surface area contributed by atoms with Gasteiger partial charge in [0.25, 0.3) is 0 Å². The average Bonchev–Trinajstić information content (AvgIpc) is 2.73. The van der Waals surface area contributed by atoms with Crippen LogP contribution in [0.1, 0.15) is 16.8 Å². The molecular weight excluding hydrogens is 198 g/mol. The summed E-state index contributed by atoms with van der Waals surface area (Å²) >= 11 is 0. The zero-order valence-electron chi connectivity index (χ0n) is 9.77. The number of rotatable bonds is 4. The molecule has 0 aliphatic rings.